The number of methoxy groups -OCH3 is 1. The van der Waals surface area contributed by atoms with Gasteiger partial charge in [0.2, 0.25) is 5.91 Å². The predicted molar refractivity (Wildman–Crippen MR) is 83.4 cm³/mol. The Hall–Kier alpha value is -2.57. The lowest BCUT2D eigenvalue weighted by Crippen LogP contribution is -2.20. The topological polar surface area (TPSA) is 105 Å². The van der Waals surface area contributed by atoms with E-state index in [1.54, 1.807) is 26.0 Å². The van der Waals surface area contributed by atoms with E-state index in [1.165, 1.54) is 20.2 Å². The Morgan fingerprint density at radius 2 is 1.87 bits per heavy atom. The van der Waals surface area contributed by atoms with Crippen LogP contribution in [0.25, 0.3) is 0 Å². The molecule has 7 nitrogen and oxygen atoms in total. The van der Waals surface area contributed by atoms with Crippen LogP contribution >= 0.6 is 0 Å². The van der Waals surface area contributed by atoms with Crippen molar-refractivity contribution in [1.29, 1.82) is 0 Å². The quantitative estimate of drug-likeness (QED) is 0.759. The maximum absolute atomic E-state index is 12.4. The molecule has 1 fully saturated rings. The van der Waals surface area contributed by atoms with Gasteiger partial charge in [0.25, 0.3) is 5.91 Å². The lowest BCUT2D eigenvalue weighted by atomic mass is 10.1. The summed E-state index contributed by atoms with van der Waals surface area (Å²) >= 11 is 0. The highest BCUT2D eigenvalue weighted by Crippen LogP contribution is 2.58. The first-order valence-corrected chi connectivity index (χ1v) is 7.17. The van der Waals surface area contributed by atoms with Crippen LogP contribution in [0.4, 0.5) is 5.69 Å². The highest BCUT2D eigenvalue weighted by molar-refractivity contribution is 6.02. The fourth-order valence-electron chi connectivity index (χ4n) is 2.89. The molecule has 1 aromatic carbocycles. The molecule has 1 saturated carbocycles. The van der Waals surface area contributed by atoms with Crippen LogP contribution in [0.2, 0.25) is 0 Å². The van der Waals surface area contributed by atoms with Crippen molar-refractivity contribution in [3.8, 4) is 5.75 Å². The summed E-state index contributed by atoms with van der Waals surface area (Å²) in [6.45, 7) is 3.49. The molecule has 23 heavy (non-hydrogen) atoms. The standard InChI is InChI=1S/C16H20N2O5/c1-16(2)11(12(16)15(21)22)14(20)18-9-7-8(13(19)17-3)5-6-10(9)23-4/h5-7,11-12H,1-4H3,(H,17,19)(H,18,20)(H,21,22)/t11-,12-/m1/s1. The van der Waals surface area contributed by atoms with Gasteiger partial charge in [-0.2, -0.15) is 0 Å². The van der Waals surface area contributed by atoms with Crippen molar-refractivity contribution in [3.63, 3.8) is 0 Å². The summed E-state index contributed by atoms with van der Waals surface area (Å²) in [7, 11) is 2.96. The van der Waals surface area contributed by atoms with E-state index in [-0.39, 0.29) is 5.91 Å². The van der Waals surface area contributed by atoms with E-state index in [0.29, 0.717) is 17.0 Å². The van der Waals surface area contributed by atoms with Gasteiger partial charge in [-0.1, -0.05) is 13.8 Å². The van der Waals surface area contributed by atoms with Gasteiger partial charge in [0, 0.05) is 12.6 Å². The molecule has 0 aliphatic heterocycles. The molecule has 2 amide bonds. The Bertz CT molecular complexity index is 668. The summed E-state index contributed by atoms with van der Waals surface area (Å²) in [5, 5.41) is 14.3. The number of carboxylic acids is 1. The summed E-state index contributed by atoms with van der Waals surface area (Å²) < 4.78 is 5.18. The number of ether oxygens (including phenoxy) is 1. The third kappa shape index (κ3) is 2.99. The van der Waals surface area contributed by atoms with Crippen molar-refractivity contribution in [2.45, 2.75) is 13.8 Å². The van der Waals surface area contributed by atoms with Crippen molar-refractivity contribution in [1.82, 2.24) is 5.32 Å². The SMILES string of the molecule is CNC(=O)c1ccc(OC)c(NC(=O)[C@H]2[C@H](C(=O)O)C2(C)C)c1. The van der Waals surface area contributed by atoms with Crippen LogP contribution < -0.4 is 15.4 Å². The van der Waals surface area contributed by atoms with Gasteiger partial charge in [0.05, 0.1) is 24.6 Å². The van der Waals surface area contributed by atoms with E-state index < -0.39 is 29.1 Å². The van der Waals surface area contributed by atoms with Gasteiger partial charge in [-0.05, 0) is 23.6 Å². The number of aliphatic carboxylic acids is 1. The normalized spacial score (nSPS) is 21.2. The number of carbonyl (C=O) groups is 3. The molecular formula is C16H20N2O5. The Kier molecular flexibility index (Phi) is 4.31. The number of benzene rings is 1. The van der Waals surface area contributed by atoms with E-state index >= 15 is 0 Å². The van der Waals surface area contributed by atoms with Crippen molar-refractivity contribution in [3.05, 3.63) is 23.8 Å². The minimum Gasteiger partial charge on any atom is -0.495 e. The zero-order valence-electron chi connectivity index (χ0n) is 13.5. The Balaban J connectivity index is 2.24. The summed E-state index contributed by atoms with van der Waals surface area (Å²) in [5.41, 5.74) is 0.112. The third-order valence-electron chi connectivity index (χ3n) is 4.32. The van der Waals surface area contributed by atoms with Crippen molar-refractivity contribution >= 4 is 23.5 Å². The number of rotatable bonds is 5. The van der Waals surface area contributed by atoms with Gasteiger partial charge in [-0.15, -0.1) is 0 Å². The molecule has 0 bridgehead atoms. The van der Waals surface area contributed by atoms with E-state index in [1.807, 2.05) is 0 Å². The molecule has 0 aromatic heterocycles. The number of nitrogens with one attached hydrogen (secondary N) is 2. The maximum Gasteiger partial charge on any atom is 0.307 e. The molecule has 0 unspecified atom stereocenters. The van der Waals surface area contributed by atoms with Crippen molar-refractivity contribution < 1.29 is 24.2 Å². The van der Waals surface area contributed by atoms with Gasteiger partial charge in [-0.25, -0.2) is 0 Å². The second kappa shape index (κ2) is 5.91. The summed E-state index contributed by atoms with van der Waals surface area (Å²) in [6.07, 6.45) is 0. The van der Waals surface area contributed by atoms with Gasteiger partial charge >= 0.3 is 5.97 Å². The average Bonchev–Trinajstić information content (AvgIpc) is 3.09. The minimum atomic E-state index is -0.985. The number of carboxylic acid groups (broad SMARTS) is 1. The Labute approximate surface area is 134 Å². The second-order valence-corrected chi connectivity index (χ2v) is 6.10. The maximum atomic E-state index is 12.4. The molecular weight excluding hydrogens is 300 g/mol. The van der Waals surface area contributed by atoms with Crippen LogP contribution in [0.5, 0.6) is 5.75 Å². The molecule has 1 aliphatic carbocycles. The fourth-order valence-corrected chi connectivity index (χ4v) is 2.89. The molecule has 7 heteroatoms. The lowest BCUT2D eigenvalue weighted by Gasteiger charge is -2.12. The predicted octanol–water partition coefficient (Wildman–Crippen LogP) is 1.35. The van der Waals surface area contributed by atoms with Crippen LogP contribution in [-0.4, -0.2) is 37.0 Å². The fraction of sp³-hybridized carbons (Fsp3) is 0.438. The Morgan fingerprint density at radius 3 is 2.35 bits per heavy atom. The van der Waals surface area contributed by atoms with Crippen molar-refractivity contribution in [2.24, 2.45) is 17.3 Å². The lowest BCUT2D eigenvalue weighted by molar-refractivity contribution is -0.140. The third-order valence-corrected chi connectivity index (χ3v) is 4.32. The molecule has 0 radical (unpaired) electrons. The average molecular weight is 320 g/mol. The minimum absolute atomic E-state index is 0.293. The van der Waals surface area contributed by atoms with Gasteiger partial charge < -0.3 is 20.5 Å². The van der Waals surface area contributed by atoms with Crippen LogP contribution in [0.1, 0.15) is 24.2 Å². The molecule has 124 valence electrons. The van der Waals surface area contributed by atoms with Gasteiger partial charge in [-0.3, -0.25) is 14.4 Å². The first kappa shape index (κ1) is 16.8. The number of amides is 2. The highest BCUT2D eigenvalue weighted by atomic mass is 16.5. The molecule has 0 heterocycles. The number of anilines is 1. The van der Waals surface area contributed by atoms with E-state index in [4.69, 9.17) is 9.84 Å². The molecule has 2 atom stereocenters. The molecule has 3 N–H and O–H groups in total. The van der Waals surface area contributed by atoms with Crippen LogP contribution in [0.3, 0.4) is 0 Å². The van der Waals surface area contributed by atoms with E-state index in [9.17, 15) is 14.4 Å². The Morgan fingerprint density at radius 1 is 1.22 bits per heavy atom. The van der Waals surface area contributed by atoms with E-state index in [2.05, 4.69) is 10.6 Å². The molecule has 0 saturated heterocycles. The molecule has 1 aliphatic rings. The van der Waals surface area contributed by atoms with Crippen LogP contribution in [0.15, 0.2) is 18.2 Å². The van der Waals surface area contributed by atoms with E-state index in [0.717, 1.165) is 0 Å². The van der Waals surface area contributed by atoms with Crippen LogP contribution in [0, 0.1) is 17.3 Å². The highest BCUT2D eigenvalue weighted by Gasteiger charge is 2.65. The first-order valence-electron chi connectivity index (χ1n) is 7.17. The van der Waals surface area contributed by atoms with Gasteiger partial charge in [0.1, 0.15) is 5.75 Å². The summed E-state index contributed by atoms with van der Waals surface area (Å²) in [6, 6.07) is 4.65. The first-order chi connectivity index (χ1) is 10.7. The zero-order valence-corrected chi connectivity index (χ0v) is 13.5. The zero-order chi connectivity index (χ0) is 17.4. The molecule has 2 rings (SSSR count). The number of carbonyl (C=O) groups excluding carboxylic acids is 2. The monoisotopic (exact) mass is 320 g/mol. The van der Waals surface area contributed by atoms with Gasteiger partial charge in [0.15, 0.2) is 0 Å². The van der Waals surface area contributed by atoms with Crippen LogP contribution in [-0.2, 0) is 9.59 Å². The largest absolute Gasteiger partial charge is 0.495 e. The smallest absolute Gasteiger partial charge is 0.307 e. The second-order valence-electron chi connectivity index (χ2n) is 6.10. The number of hydrogen-bond donors (Lipinski definition) is 3. The summed E-state index contributed by atoms with van der Waals surface area (Å²) in [5.74, 6) is -2.60. The molecule has 1 aromatic rings. The summed E-state index contributed by atoms with van der Waals surface area (Å²) in [4.78, 5) is 35.3. The molecule has 0 spiro atoms. The number of hydrogen-bond acceptors (Lipinski definition) is 4. The van der Waals surface area contributed by atoms with Crippen molar-refractivity contribution in [2.75, 3.05) is 19.5 Å².